The topological polar surface area (TPSA) is 176 Å². The third-order valence-corrected chi connectivity index (χ3v) is 4.67. The van der Waals surface area contributed by atoms with Gasteiger partial charge in [0, 0.05) is 16.8 Å². The molecule has 0 radical (unpaired) electrons. The Morgan fingerprint density at radius 2 is 1.49 bits per heavy atom. The number of hydrogen-bond acceptors (Lipinski definition) is 5. The number of benzene rings is 2. The van der Waals surface area contributed by atoms with Crippen molar-refractivity contribution in [3.63, 3.8) is 0 Å². The first-order chi connectivity index (χ1) is 15.3. The smallest absolute Gasteiger partial charge is 0.251 e. The highest BCUT2D eigenvalue weighted by Crippen LogP contribution is 2.27. The fourth-order valence-corrected chi connectivity index (χ4v) is 3.27. The summed E-state index contributed by atoms with van der Waals surface area (Å²) in [5.41, 5.74) is 11.0. The first kappa shape index (κ1) is 36.5. The van der Waals surface area contributed by atoms with Gasteiger partial charge in [0.1, 0.15) is 0 Å². The highest BCUT2D eigenvalue weighted by atomic mass is 35.5. The summed E-state index contributed by atoms with van der Waals surface area (Å²) in [5, 5.41) is 19.1. The van der Waals surface area contributed by atoms with Crippen LogP contribution < -0.4 is 11.5 Å². The van der Waals surface area contributed by atoms with Crippen LogP contribution in [0.5, 0.6) is 0 Å². The minimum atomic E-state index is -3.35. The van der Waals surface area contributed by atoms with Gasteiger partial charge in [-0.15, -0.1) is 6.58 Å². The van der Waals surface area contributed by atoms with Crippen LogP contribution in [0.2, 0.25) is 5.02 Å². The van der Waals surface area contributed by atoms with Gasteiger partial charge in [-0.05, 0) is 61.7 Å². The lowest BCUT2D eigenvalue weighted by Crippen LogP contribution is -2.07. The molecule has 0 unspecified atom stereocenters. The maximum Gasteiger partial charge on any atom is 0.251 e. The molecule has 0 fully saturated rings. The molecule has 0 saturated carbocycles. The number of nitrogens with zero attached hydrogens (tertiary/aromatic N) is 2. The summed E-state index contributed by atoms with van der Waals surface area (Å²) < 4.78 is 25.6. The Morgan fingerprint density at radius 1 is 1.06 bits per heavy atom. The van der Waals surface area contributed by atoms with Crippen molar-refractivity contribution in [3.8, 4) is 16.9 Å². The van der Waals surface area contributed by atoms with E-state index in [1.165, 1.54) is 6.26 Å². The lowest BCUT2D eigenvalue weighted by molar-refractivity contribution is 0.559. The number of aliphatic hydroxyl groups excluding tert-OH is 2. The number of thiocarbonyl (C=S) groups is 2. The maximum atomic E-state index is 12.0. The molecule has 0 atom stereocenters. The van der Waals surface area contributed by atoms with Crippen LogP contribution in [-0.2, 0) is 9.84 Å². The maximum absolute atomic E-state index is 12.0. The van der Waals surface area contributed by atoms with Crippen LogP contribution in [0.1, 0.15) is 14.4 Å². The molecule has 1 heterocycles. The highest BCUT2D eigenvalue weighted by molar-refractivity contribution is 7.90. The Morgan fingerprint density at radius 3 is 1.91 bits per heavy atom. The molecule has 0 aliphatic rings. The molecule has 9 nitrogen and oxygen atoms in total. The Balaban J connectivity index is -0.000000673. The summed E-state index contributed by atoms with van der Waals surface area (Å²) in [6, 6.07) is 16.0. The molecule has 2 aromatic carbocycles. The van der Waals surface area contributed by atoms with E-state index in [0.717, 1.165) is 11.3 Å². The molecule has 3 rings (SSSR count). The molecule has 13 heteroatoms. The first-order valence-corrected chi connectivity index (χ1v) is 12.1. The summed E-state index contributed by atoms with van der Waals surface area (Å²) in [6.45, 7) is 5.25. The van der Waals surface area contributed by atoms with Gasteiger partial charge in [-0.25, -0.2) is 13.1 Å². The number of sulfone groups is 1. The van der Waals surface area contributed by atoms with Gasteiger partial charge in [0.25, 0.3) is 10.3 Å². The molecule has 35 heavy (non-hydrogen) atoms. The van der Waals surface area contributed by atoms with Gasteiger partial charge in [-0.2, -0.15) is 5.10 Å². The highest BCUT2D eigenvalue weighted by Gasteiger charge is 2.17. The number of aliphatic hydroxyl groups is 2. The first-order valence-electron chi connectivity index (χ1n) is 8.98. The fraction of sp³-hybridized carbons (Fsp3) is 0.136. The number of halogens is 1. The van der Waals surface area contributed by atoms with Crippen LogP contribution in [0, 0.1) is 0 Å². The monoisotopic (exact) mass is 562 g/mol. The number of para-hydroxylation sites is 1. The van der Waals surface area contributed by atoms with Crippen LogP contribution in [0.15, 0.2) is 78.3 Å². The van der Waals surface area contributed by atoms with E-state index in [9.17, 15) is 8.42 Å². The molecular formula is C22H31ClN4O5S3. The summed E-state index contributed by atoms with van der Waals surface area (Å²) in [5.74, 6) is 0. The van der Waals surface area contributed by atoms with Gasteiger partial charge in [-0.3, -0.25) is 0 Å². The number of hydrogen-bond donors (Lipinski definition) is 4. The Bertz CT molecular complexity index is 1150. The fourth-order valence-electron chi connectivity index (χ4n) is 2.28. The minimum Gasteiger partial charge on any atom is -0.487 e. The predicted molar refractivity (Wildman–Crippen MR) is 152 cm³/mol. The SMILES string of the molecule is C.C=CC.CS(=O)(=O)c1ccccc1-n1nccc1-c1ccc(Cl)cc1.NC(O)=S.NC(O)=S.O. The molecule has 1 aromatic heterocycles. The molecule has 8 N–H and O–H groups in total. The number of allylic oxidation sites excluding steroid dienone is 1. The quantitative estimate of drug-likeness (QED) is 0.269. The van der Waals surface area contributed by atoms with Crippen molar-refractivity contribution in [2.24, 2.45) is 11.5 Å². The zero-order chi connectivity index (χ0) is 25.6. The largest absolute Gasteiger partial charge is 0.487 e. The van der Waals surface area contributed by atoms with E-state index in [2.05, 4.69) is 47.6 Å². The van der Waals surface area contributed by atoms with Crippen molar-refractivity contribution in [3.05, 3.63) is 78.5 Å². The molecule has 0 spiro atoms. The van der Waals surface area contributed by atoms with Gasteiger partial charge in [0.15, 0.2) is 9.84 Å². The zero-order valence-corrected chi connectivity index (χ0v) is 21.6. The number of nitrogens with two attached hydrogens (primary N) is 2. The van der Waals surface area contributed by atoms with Crippen molar-refractivity contribution in [1.82, 2.24) is 9.78 Å². The summed E-state index contributed by atoms with van der Waals surface area (Å²) in [6.07, 6.45) is 4.58. The number of rotatable bonds is 3. The van der Waals surface area contributed by atoms with Crippen LogP contribution in [0.4, 0.5) is 0 Å². The second kappa shape index (κ2) is 18.3. The molecule has 0 aliphatic carbocycles. The lowest BCUT2D eigenvalue weighted by atomic mass is 10.1. The van der Waals surface area contributed by atoms with Crippen molar-refractivity contribution in [1.29, 1.82) is 0 Å². The summed E-state index contributed by atoms with van der Waals surface area (Å²) >= 11 is 13.7. The van der Waals surface area contributed by atoms with Crippen molar-refractivity contribution in [2.75, 3.05) is 6.26 Å². The van der Waals surface area contributed by atoms with Crippen LogP contribution >= 0.6 is 36.0 Å². The Kier molecular flexibility index (Phi) is 19.1. The molecule has 0 saturated heterocycles. The molecule has 0 bridgehead atoms. The third kappa shape index (κ3) is 14.8. The van der Waals surface area contributed by atoms with E-state index in [1.807, 2.05) is 25.1 Å². The molecular weight excluding hydrogens is 532 g/mol. The van der Waals surface area contributed by atoms with Gasteiger partial charge >= 0.3 is 0 Å². The second-order valence-corrected chi connectivity index (χ2v) is 9.22. The van der Waals surface area contributed by atoms with Crippen LogP contribution in [-0.4, -0.2) is 50.5 Å². The van der Waals surface area contributed by atoms with E-state index in [0.29, 0.717) is 10.7 Å². The average molecular weight is 563 g/mol. The second-order valence-electron chi connectivity index (χ2n) is 5.96. The van der Waals surface area contributed by atoms with Crippen LogP contribution in [0.3, 0.4) is 0 Å². The van der Waals surface area contributed by atoms with Gasteiger partial charge in [-0.1, -0.05) is 49.4 Å². The predicted octanol–water partition coefficient (Wildman–Crippen LogP) is 4.18. The lowest BCUT2D eigenvalue weighted by Gasteiger charge is -2.11. The van der Waals surface area contributed by atoms with Crippen molar-refractivity contribution >= 4 is 56.2 Å². The van der Waals surface area contributed by atoms with Crippen molar-refractivity contribution < 1.29 is 24.1 Å². The van der Waals surface area contributed by atoms with Crippen LogP contribution in [0.25, 0.3) is 16.9 Å². The standard InChI is InChI=1S/C16H13ClN2O2S.C3H6.2CH3NOS.CH4.H2O/c1-22(20,21)16-5-3-2-4-15(16)19-14(10-11-18-19)12-6-8-13(17)9-7-12;1-3-2;2*2-1(3)4;;/h2-11H,1H3;3H,1H2,2H3;2*(H3,2,3,4);1H4;1H2. The minimum absolute atomic E-state index is 0. The van der Waals surface area contributed by atoms with E-state index < -0.39 is 20.2 Å². The van der Waals surface area contributed by atoms with Gasteiger partial charge in [0.05, 0.1) is 22.5 Å². The van der Waals surface area contributed by atoms with E-state index >= 15 is 0 Å². The third-order valence-electron chi connectivity index (χ3n) is 3.28. The van der Waals surface area contributed by atoms with E-state index in [4.69, 9.17) is 21.8 Å². The Hall–Kier alpha value is -3.03. The summed E-state index contributed by atoms with van der Waals surface area (Å²) in [4.78, 5) is 0.244. The molecule has 0 aliphatic heterocycles. The normalized spacial score (nSPS) is 9.00. The van der Waals surface area contributed by atoms with E-state index in [1.54, 1.807) is 53.4 Å². The van der Waals surface area contributed by atoms with Gasteiger partial charge in [0.2, 0.25) is 0 Å². The number of aromatic nitrogens is 2. The molecule has 0 amide bonds. The average Bonchev–Trinajstić information content (AvgIpc) is 3.17. The Labute approximate surface area is 221 Å². The molecule has 194 valence electrons. The van der Waals surface area contributed by atoms with E-state index in [-0.39, 0.29) is 17.8 Å². The summed E-state index contributed by atoms with van der Waals surface area (Å²) in [7, 11) is -3.35. The zero-order valence-electron chi connectivity index (χ0n) is 18.4. The van der Waals surface area contributed by atoms with Gasteiger partial charge < -0.3 is 27.2 Å². The molecule has 3 aromatic rings. The van der Waals surface area contributed by atoms with Crippen molar-refractivity contribution in [2.45, 2.75) is 19.2 Å².